The highest BCUT2D eigenvalue weighted by atomic mass is 32.1. The number of fused-ring (bicyclic) bond motifs is 2. The number of aromatic nitrogens is 4. The summed E-state index contributed by atoms with van der Waals surface area (Å²) in [4.78, 5) is 48.6. The third-order valence-corrected chi connectivity index (χ3v) is 6.78. The first-order valence-electron chi connectivity index (χ1n) is 10.6. The summed E-state index contributed by atoms with van der Waals surface area (Å²) in [5.74, 6) is -1.35. The van der Waals surface area contributed by atoms with E-state index in [9.17, 15) is 19.2 Å². The minimum absolute atomic E-state index is 0.247. The van der Waals surface area contributed by atoms with Gasteiger partial charge in [-0.15, -0.1) is 11.3 Å². The molecular formula is C22H20N6O6S. The van der Waals surface area contributed by atoms with E-state index in [1.165, 1.54) is 7.11 Å². The highest BCUT2D eigenvalue weighted by Gasteiger charge is 2.32. The van der Waals surface area contributed by atoms with Crippen LogP contribution in [0, 0.1) is 0 Å². The Bertz CT molecular complexity index is 1500. The Morgan fingerprint density at radius 3 is 2.91 bits per heavy atom. The molecule has 12 nitrogen and oxygen atoms in total. The molecule has 4 aromatic rings. The fourth-order valence-corrected chi connectivity index (χ4v) is 5.04. The molecule has 1 unspecified atom stereocenters. The number of hydrogen-bond donors (Lipinski definition) is 3. The number of piperidine rings is 1. The van der Waals surface area contributed by atoms with Crippen molar-refractivity contribution in [1.29, 1.82) is 0 Å². The quantitative estimate of drug-likeness (QED) is 0.270. The molecule has 0 radical (unpaired) electrons. The zero-order valence-corrected chi connectivity index (χ0v) is 19.5. The number of anilines is 1. The number of aromatic amines is 1. The smallest absolute Gasteiger partial charge is 0.348 e. The van der Waals surface area contributed by atoms with E-state index in [-0.39, 0.29) is 24.8 Å². The van der Waals surface area contributed by atoms with Gasteiger partial charge in [0.25, 0.3) is 5.91 Å². The molecule has 1 fully saturated rings. The number of thiophene rings is 1. The average Bonchev–Trinajstić information content (AvgIpc) is 3.52. The lowest BCUT2D eigenvalue weighted by Crippen LogP contribution is -2.39. The third-order valence-electron chi connectivity index (χ3n) is 5.66. The number of benzene rings is 1. The van der Waals surface area contributed by atoms with Crippen molar-refractivity contribution in [3.8, 4) is 5.75 Å². The molecule has 3 N–H and O–H groups in total. The van der Waals surface area contributed by atoms with Crippen molar-refractivity contribution in [2.45, 2.75) is 18.8 Å². The van der Waals surface area contributed by atoms with Gasteiger partial charge in [-0.3, -0.25) is 29.5 Å². The molecule has 1 aliphatic heterocycles. The molecule has 1 saturated heterocycles. The molecule has 1 aromatic carbocycles. The third kappa shape index (κ3) is 4.10. The van der Waals surface area contributed by atoms with Gasteiger partial charge >= 0.3 is 5.97 Å². The van der Waals surface area contributed by atoms with Crippen molar-refractivity contribution in [2.24, 2.45) is 7.05 Å². The van der Waals surface area contributed by atoms with Gasteiger partial charge < -0.3 is 14.8 Å². The van der Waals surface area contributed by atoms with E-state index >= 15 is 0 Å². The molecule has 0 spiro atoms. The summed E-state index contributed by atoms with van der Waals surface area (Å²) in [6.07, 6.45) is 0.625. The second-order valence-electron chi connectivity index (χ2n) is 7.92. The van der Waals surface area contributed by atoms with Crippen molar-refractivity contribution >= 4 is 62.0 Å². The summed E-state index contributed by atoms with van der Waals surface area (Å²) in [6, 6.07) is 6.87. The molecule has 13 heteroatoms. The second-order valence-corrected chi connectivity index (χ2v) is 8.97. The highest BCUT2D eigenvalue weighted by molar-refractivity contribution is 7.21. The number of aryl methyl sites for hydroxylation is 1. The van der Waals surface area contributed by atoms with Gasteiger partial charge in [0.15, 0.2) is 6.61 Å². The Morgan fingerprint density at radius 1 is 1.31 bits per heavy atom. The number of methoxy groups -OCH3 is 1. The van der Waals surface area contributed by atoms with Crippen molar-refractivity contribution in [3.63, 3.8) is 0 Å². The number of amides is 3. The molecule has 0 saturated carbocycles. The van der Waals surface area contributed by atoms with Crippen LogP contribution < -0.4 is 15.4 Å². The van der Waals surface area contributed by atoms with Gasteiger partial charge in [-0.25, -0.2) is 4.79 Å². The van der Waals surface area contributed by atoms with Gasteiger partial charge in [0, 0.05) is 18.9 Å². The summed E-state index contributed by atoms with van der Waals surface area (Å²) in [5.41, 5.74) is 1.72. The van der Waals surface area contributed by atoms with Gasteiger partial charge in [0.2, 0.25) is 11.8 Å². The first-order valence-corrected chi connectivity index (χ1v) is 11.5. The van der Waals surface area contributed by atoms with Crippen LogP contribution in [0.4, 0.5) is 5.82 Å². The molecule has 180 valence electrons. The predicted molar refractivity (Wildman–Crippen MR) is 125 cm³/mol. The maximum atomic E-state index is 12.6. The number of imide groups is 1. The van der Waals surface area contributed by atoms with Crippen molar-refractivity contribution < 1.29 is 28.7 Å². The van der Waals surface area contributed by atoms with E-state index in [0.717, 1.165) is 11.3 Å². The molecular weight excluding hydrogens is 476 g/mol. The number of hydrogen-bond acceptors (Lipinski definition) is 9. The van der Waals surface area contributed by atoms with Crippen LogP contribution in [0.15, 0.2) is 24.3 Å². The van der Waals surface area contributed by atoms with Crippen LogP contribution in [0.2, 0.25) is 0 Å². The minimum atomic E-state index is -0.543. The monoisotopic (exact) mass is 496 g/mol. The summed E-state index contributed by atoms with van der Waals surface area (Å²) in [7, 11) is 3.02. The molecule has 5 rings (SSSR count). The van der Waals surface area contributed by atoms with Gasteiger partial charge in [-0.1, -0.05) is 12.1 Å². The van der Waals surface area contributed by atoms with Gasteiger partial charge in [-0.2, -0.15) is 10.2 Å². The van der Waals surface area contributed by atoms with Crippen LogP contribution in [-0.2, 0) is 26.2 Å². The zero-order valence-electron chi connectivity index (χ0n) is 18.7. The van der Waals surface area contributed by atoms with Gasteiger partial charge in [0.05, 0.1) is 23.4 Å². The number of para-hydroxylation sites is 1. The van der Waals surface area contributed by atoms with E-state index in [1.54, 1.807) is 29.9 Å². The minimum Gasteiger partial charge on any atom is -0.481 e. The van der Waals surface area contributed by atoms with Crippen molar-refractivity contribution in [3.05, 3.63) is 34.8 Å². The Hall–Kier alpha value is -4.26. The summed E-state index contributed by atoms with van der Waals surface area (Å²) >= 11 is 1.15. The number of nitrogens with zero attached hydrogens (tertiary/aromatic N) is 3. The van der Waals surface area contributed by atoms with Crippen LogP contribution in [0.1, 0.15) is 34.1 Å². The largest absolute Gasteiger partial charge is 0.481 e. The number of carbonyl (C=O) groups is 4. The number of rotatable bonds is 6. The van der Waals surface area contributed by atoms with Crippen LogP contribution >= 0.6 is 11.3 Å². The van der Waals surface area contributed by atoms with Crippen LogP contribution in [0.25, 0.3) is 21.1 Å². The number of esters is 1. The fourth-order valence-electron chi connectivity index (χ4n) is 4.07. The van der Waals surface area contributed by atoms with Crippen LogP contribution in [-0.4, -0.2) is 57.4 Å². The van der Waals surface area contributed by atoms with Crippen LogP contribution in [0.3, 0.4) is 0 Å². The predicted octanol–water partition coefficient (Wildman–Crippen LogP) is 1.84. The Kier molecular flexibility index (Phi) is 5.68. The molecule has 3 aromatic heterocycles. The molecule has 4 heterocycles. The van der Waals surface area contributed by atoms with Gasteiger partial charge in [0.1, 0.15) is 27.5 Å². The molecule has 1 atom stereocenters. The standard InChI is InChI=1S/C22H20N6O6S/c1-28-18-10(17(27-28)11-6-7-15(29)24-21(11)31)4-3-5-13(18)34-9-16(30)23-20-19-12(25-26-20)8-14(35-19)22(32)33-2/h3-5,8,11H,6-7,9H2,1-2H3,(H,24,29,31)(H2,23,25,26,30). The lowest BCUT2D eigenvalue weighted by molar-refractivity contribution is -0.134. The lowest BCUT2D eigenvalue weighted by atomic mass is 9.93. The highest BCUT2D eigenvalue weighted by Crippen LogP contribution is 2.34. The van der Waals surface area contributed by atoms with E-state index < -0.39 is 17.8 Å². The Labute approximate surface area is 201 Å². The maximum Gasteiger partial charge on any atom is 0.348 e. The summed E-state index contributed by atoms with van der Waals surface area (Å²) < 4.78 is 12.7. The van der Waals surface area contributed by atoms with Crippen molar-refractivity contribution in [1.82, 2.24) is 25.3 Å². The number of H-pyrrole nitrogens is 1. The summed E-state index contributed by atoms with van der Waals surface area (Å²) in [6.45, 7) is -0.298. The second kappa shape index (κ2) is 8.83. The topological polar surface area (TPSA) is 157 Å². The van der Waals surface area contributed by atoms with Crippen LogP contribution in [0.5, 0.6) is 5.75 Å². The Balaban J connectivity index is 1.33. The normalized spacial score (nSPS) is 15.9. The lowest BCUT2D eigenvalue weighted by Gasteiger charge is -2.19. The molecule has 0 aliphatic carbocycles. The number of nitrogens with one attached hydrogen (secondary N) is 3. The van der Waals surface area contributed by atoms with Crippen molar-refractivity contribution in [2.75, 3.05) is 19.0 Å². The Morgan fingerprint density at radius 2 is 2.14 bits per heavy atom. The molecule has 35 heavy (non-hydrogen) atoms. The fraction of sp³-hybridized carbons (Fsp3) is 0.273. The van der Waals surface area contributed by atoms with E-state index in [1.807, 2.05) is 6.07 Å². The summed E-state index contributed by atoms with van der Waals surface area (Å²) in [5, 5.41) is 17.1. The zero-order chi connectivity index (χ0) is 24.7. The number of carbonyl (C=O) groups excluding carboxylic acids is 4. The number of ether oxygens (including phenoxy) is 2. The maximum absolute atomic E-state index is 12.6. The molecule has 3 amide bonds. The van der Waals surface area contributed by atoms with Gasteiger partial charge in [-0.05, 0) is 18.6 Å². The first-order chi connectivity index (χ1) is 16.9. The average molecular weight is 497 g/mol. The first kappa shape index (κ1) is 22.5. The van der Waals surface area contributed by atoms with E-state index in [2.05, 4.69) is 25.9 Å². The van der Waals surface area contributed by atoms with E-state index in [4.69, 9.17) is 9.47 Å². The van der Waals surface area contributed by atoms with E-state index in [0.29, 0.717) is 49.7 Å². The SMILES string of the molecule is COC(=O)c1cc2n[nH]c(NC(=O)COc3cccc4c(C5CCC(=O)NC5=O)nn(C)c34)c2s1. The molecule has 1 aliphatic rings. The molecule has 0 bridgehead atoms.